The lowest BCUT2D eigenvalue weighted by Gasteiger charge is -2.19. The molecule has 0 aliphatic carbocycles. The lowest BCUT2D eigenvalue weighted by Crippen LogP contribution is -2.21. The van der Waals surface area contributed by atoms with Gasteiger partial charge in [0.2, 0.25) is 0 Å². The highest BCUT2D eigenvalue weighted by Gasteiger charge is 2.19. The molecule has 1 saturated heterocycles. The van der Waals surface area contributed by atoms with Crippen molar-refractivity contribution < 1.29 is 0 Å². The van der Waals surface area contributed by atoms with Gasteiger partial charge in [0.15, 0.2) is 0 Å². The van der Waals surface area contributed by atoms with Gasteiger partial charge in [0.05, 0.1) is 11.5 Å². The average Bonchev–Trinajstić information content (AvgIpc) is 2.68. The van der Waals surface area contributed by atoms with Crippen LogP contribution in [0.4, 0.5) is 5.69 Å². The lowest BCUT2D eigenvalue weighted by molar-refractivity contribution is 0.637. The highest BCUT2D eigenvalue weighted by molar-refractivity contribution is 5.47. The summed E-state index contributed by atoms with van der Waals surface area (Å²) >= 11 is 0. The first kappa shape index (κ1) is 13.9. The van der Waals surface area contributed by atoms with Gasteiger partial charge in [-0.3, -0.25) is 0 Å². The third kappa shape index (κ3) is 3.71. The van der Waals surface area contributed by atoms with Crippen LogP contribution in [0.2, 0.25) is 0 Å². The third-order valence-electron chi connectivity index (χ3n) is 3.83. The van der Waals surface area contributed by atoms with Gasteiger partial charge in [-0.15, -0.1) is 0 Å². The second-order valence-electron chi connectivity index (χ2n) is 5.84. The van der Waals surface area contributed by atoms with Crippen molar-refractivity contribution in [2.45, 2.75) is 44.6 Å². The Morgan fingerprint density at radius 2 is 1.95 bits per heavy atom. The topological polar surface area (TPSA) is 47.9 Å². The van der Waals surface area contributed by atoms with Crippen molar-refractivity contribution in [3.8, 4) is 6.07 Å². The first-order chi connectivity index (χ1) is 9.12. The Morgan fingerprint density at radius 3 is 2.63 bits per heavy atom. The molecule has 3 nitrogen and oxygen atoms in total. The van der Waals surface area contributed by atoms with Gasteiger partial charge in [-0.1, -0.05) is 12.1 Å². The van der Waals surface area contributed by atoms with Crippen molar-refractivity contribution in [1.29, 1.82) is 5.26 Å². The normalized spacial score (nSPS) is 20.4. The number of hydrogen-bond donors (Lipinski definition) is 2. The summed E-state index contributed by atoms with van der Waals surface area (Å²) in [6.45, 7) is 6.13. The van der Waals surface area contributed by atoms with Crippen molar-refractivity contribution in [2.24, 2.45) is 0 Å². The number of anilines is 1. The van der Waals surface area contributed by atoms with Crippen LogP contribution in [0.1, 0.15) is 38.7 Å². The number of nitrogens with zero attached hydrogens (tertiary/aromatic N) is 1. The van der Waals surface area contributed by atoms with Crippen molar-refractivity contribution in [2.75, 3.05) is 18.4 Å². The van der Waals surface area contributed by atoms with E-state index >= 15 is 0 Å². The largest absolute Gasteiger partial charge is 0.382 e. The van der Waals surface area contributed by atoms with Gasteiger partial charge in [-0.2, -0.15) is 5.26 Å². The van der Waals surface area contributed by atoms with Crippen LogP contribution in [0, 0.1) is 11.3 Å². The molecule has 1 atom stereocenters. The van der Waals surface area contributed by atoms with E-state index in [-0.39, 0.29) is 0 Å². The number of nitriles is 1. The van der Waals surface area contributed by atoms with Crippen molar-refractivity contribution >= 4 is 5.69 Å². The van der Waals surface area contributed by atoms with E-state index < -0.39 is 5.41 Å². The van der Waals surface area contributed by atoms with Crippen LogP contribution in [0.15, 0.2) is 24.3 Å². The molecule has 3 heteroatoms. The zero-order valence-electron chi connectivity index (χ0n) is 11.9. The molecule has 1 unspecified atom stereocenters. The van der Waals surface area contributed by atoms with Gasteiger partial charge in [0.25, 0.3) is 0 Å². The highest BCUT2D eigenvalue weighted by Crippen LogP contribution is 2.24. The predicted octanol–water partition coefficient (Wildman–Crippen LogP) is 3.04. The molecule has 1 aliphatic heterocycles. The molecule has 0 bridgehead atoms. The Bertz CT molecular complexity index is 434. The van der Waals surface area contributed by atoms with E-state index in [0.717, 1.165) is 24.3 Å². The van der Waals surface area contributed by atoms with Crippen LogP contribution < -0.4 is 10.6 Å². The summed E-state index contributed by atoms with van der Waals surface area (Å²) in [4.78, 5) is 0. The summed E-state index contributed by atoms with van der Waals surface area (Å²) in [6, 6.07) is 11.2. The molecule has 0 spiro atoms. The average molecular weight is 257 g/mol. The van der Waals surface area contributed by atoms with Crippen LogP contribution in [-0.2, 0) is 5.41 Å². The maximum atomic E-state index is 9.14. The van der Waals surface area contributed by atoms with Crippen molar-refractivity contribution in [1.82, 2.24) is 5.32 Å². The molecule has 1 aliphatic rings. The predicted molar refractivity (Wildman–Crippen MR) is 79.2 cm³/mol. The number of nitrogens with one attached hydrogen (secondary N) is 2. The molecule has 1 fully saturated rings. The summed E-state index contributed by atoms with van der Waals surface area (Å²) in [5, 5.41) is 16.2. The zero-order valence-corrected chi connectivity index (χ0v) is 11.9. The summed E-state index contributed by atoms with van der Waals surface area (Å²) < 4.78 is 0. The Morgan fingerprint density at radius 1 is 1.21 bits per heavy atom. The van der Waals surface area contributed by atoms with Crippen molar-refractivity contribution in [3.63, 3.8) is 0 Å². The van der Waals surface area contributed by atoms with Gasteiger partial charge < -0.3 is 10.6 Å². The van der Waals surface area contributed by atoms with E-state index in [1.54, 1.807) is 0 Å². The molecule has 102 valence electrons. The molecule has 1 aromatic rings. The van der Waals surface area contributed by atoms with E-state index in [1.165, 1.54) is 19.3 Å². The number of rotatable bonds is 3. The minimum absolute atomic E-state index is 0.412. The first-order valence-corrected chi connectivity index (χ1v) is 7.11. The molecular weight excluding hydrogens is 234 g/mol. The van der Waals surface area contributed by atoms with E-state index in [4.69, 9.17) is 5.26 Å². The van der Waals surface area contributed by atoms with E-state index in [1.807, 2.05) is 13.8 Å². The summed E-state index contributed by atoms with van der Waals surface area (Å²) in [5.41, 5.74) is 1.82. The van der Waals surface area contributed by atoms with E-state index in [2.05, 4.69) is 41.0 Å². The van der Waals surface area contributed by atoms with Crippen LogP contribution in [-0.4, -0.2) is 19.1 Å². The molecule has 0 amide bonds. The Balaban J connectivity index is 2.00. The third-order valence-corrected chi connectivity index (χ3v) is 3.83. The molecule has 2 N–H and O–H groups in total. The minimum Gasteiger partial charge on any atom is -0.382 e. The van der Waals surface area contributed by atoms with Crippen LogP contribution >= 0.6 is 0 Å². The van der Waals surface area contributed by atoms with Crippen LogP contribution in [0.3, 0.4) is 0 Å². The second-order valence-corrected chi connectivity index (χ2v) is 5.84. The number of benzene rings is 1. The minimum atomic E-state index is -0.412. The smallest absolute Gasteiger partial charge is 0.0766 e. The SMILES string of the molecule is CC(C)(C#N)c1ccc(NC2CCCNCC2)cc1. The van der Waals surface area contributed by atoms with E-state index in [9.17, 15) is 0 Å². The van der Waals surface area contributed by atoms with Crippen LogP contribution in [0.25, 0.3) is 0 Å². The fraction of sp³-hybridized carbons (Fsp3) is 0.562. The Kier molecular flexibility index (Phi) is 4.44. The quantitative estimate of drug-likeness (QED) is 0.875. The standard InChI is InChI=1S/C16H23N3/c1-16(2,12-17)13-5-7-15(8-6-13)19-14-4-3-10-18-11-9-14/h5-8,14,18-19H,3-4,9-11H2,1-2H3. The Hall–Kier alpha value is -1.53. The number of hydrogen-bond acceptors (Lipinski definition) is 3. The molecule has 0 radical (unpaired) electrons. The molecule has 2 rings (SSSR count). The maximum absolute atomic E-state index is 9.14. The summed E-state index contributed by atoms with van der Waals surface area (Å²) in [7, 11) is 0. The van der Waals surface area contributed by atoms with Gasteiger partial charge in [-0.25, -0.2) is 0 Å². The molecule has 1 aromatic carbocycles. The molecule has 1 heterocycles. The van der Waals surface area contributed by atoms with Gasteiger partial charge in [0.1, 0.15) is 0 Å². The monoisotopic (exact) mass is 257 g/mol. The highest BCUT2D eigenvalue weighted by atomic mass is 14.9. The maximum Gasteiger partial charge on any atom is 0.0766 e. The first-order valence-electron chi connectivity index (χ1n) is 7.11. The summed E-state index contributed by atoms with van der Waals surface area (Å²) in [6.07, 6.45) is 3.63. The lowest BCUT2D eigenvalue weighted by atomic mass is 9.86. The zero-order chi connectivity index (χ0) is 13.7. The fourth-order valence-corrected chi connectivity index (χ4v) is 2.45. The molecule has 0 aromatic heterocycles. The van der Waals surface area contributed by atoms with E-state index in [0.29, 0.717) is 6.04 Å². The molecular formula is C16H23N3. The van der Waals surface area contributed by atoms with Gasteiger partial charge in [0, 0.05) is 11.7 Å². The van der Waals surface area contributed by atoms with Crippen LogP contribution in [0.5, 0.6) is 0 Å². The Labute approximate surface area is 116 Å². The fourth-order valence-electron chi connectivity index (χ4n) is 2.45. The summed E-state index contributed by atoms with van der Waals surface area (Å²) in [5.74, 6) is 0. The van der Waals surface area contributed by atoms with Crippen molar-refractivity contribution in [3.05, 3.63) is 29.8 Å². The molecule has 0 saturated carbocycles. The van der Waals surface area contributed by atoms with Gasteiger partial charge in [-0.05, 0) is 63.9 Å². The second kappa shape index (κ2) is 6.08. The molecule has 19 heavy (non-hydrogen) atoms. The van der Waals surface area contributed by atoms with Gasteiger partial charge >= 0.3 is 0 Å².